The monoisotopic (exact) mass is 356 g/mol. The van der Waals surface area contributed by atoms with Crippen molar-refractivity contribution in [3.05, 3.63) is 0 Å². The smallest absolute Gasteiger partial charge is 1.00 e. The number of hydrogen-bond acceptors (Lipinski definition) is 6. The van der Waals surface area contributed by atoms with E-state index < -0.39 is 47.1 Å². The van der Waals surface area contributed by atoms with Crippen molar-refractivity contribution in [3.8, 4) is 0 Å². The Hall–Kier alpha value is 2.73. The van der Waals surface area contributed by atoms with Crippen molar-refractivity contribution in [2.75, 3.05) is 11.5 Å². The summed E-state index contributed by atoms with van der Waals surface area (Å²) in [6, 6.07) is 0. The van der Waals surface area contributed by atoms with E-state index in [2.05, 4.69) is 0 Å². The van der Waals surface area contributed by atoms with E-state index in [9.17, 15) is 25.3 Å². The van der Waals surface area contributed by atoms with E-state index in [0.29, 0.717) is 0 Å². The molecule has 15 heteroatoms. The maximum Gasteiger partial charge on any atom is 1.00 e. The van der Waals surface area contributed by atoms with Crippen LogP contribution in [0.2, 0.25) is 0 Å². The first-order valence-electron chi connectivity index (χ1n) is 3.18. The van der Waals surface area contributed by atoms with Gasteiger partial charge in [-0.05, 0) is 0 Å². The van der Waals surface area contributed by atoms with Gasteiger partial charge in [0.25, 0.3) is 30.4 Å². The van der Waals surface area contributed by atoms with E-state index in [0.717, 1.165) is 0 Å². The molecule has 98 valence electrons. The van der Waals surface area contributed by atoms with Gasteiger partial charge in [0, 0.05) is 0 Å². The maximum atomic E-state index is 10.5. The molecule has 0 amide bonds. The fraction of sp³-hybridized carbons (Fsp3) is 1.00. The molecule has 9 nitrogen and oxygen atoms in total. The largest absolute Gasteiger partial charge is 1.00 e. The van der Waals surface area contributed by atoms with Gasteiger partial charge in [-0.3, -0.25) is 13.7 Å². The zero-order valence-electron chi connectivity index (χ0n) is 13.0. The van der Waals surface area contributed by atoms with Crippen LogP contribution in [0, 0.1) is 0 Å². The Labute approximate surface area is 176 Å². The van der Waals surface area contributed by atoms with E-state index >= 15 is 0 Å². The van der Waals surface area contributed by atoms with Gasteiger partial charge in [-0.1, -0.05) is 0 Å². The molecule has 0 unspecified atom stereocenters. The number of hydrogen-bond donors (Lipinski definition) is 3. The molecule has 0 aromatic carbocycles. The number of rotatable bonds is 5. The standard InChI is InChI=1S/C3H8O9S3.3Na.3H/c4-13(5,6)1-3(15(10,11)12)2-14(7,8)9;;;;;;/h3H,1-2H2,(H,4,5,6)(H,7,8,9)(H,10,11,12);;;;;;/q;3*+1;3*-1. The minimum atomic E-state index is -5.01. The third kappa shape index (κ3) is 16.8. The molecular weight excluding hydrogens is 345 g/mol. The van der Waals surface area contributed by atoms with Crippen LogP contribution in [0.25, 0.3) is 0 Å². The quantitative estimate of drug-likeness (QED) is 0.320. The molecule has 0 atom stereocenters. The van der Waals surface area contributed by atoms with Crippen LogP contribution < -0.4 is 88.7 Å². The molecule has 0 aliphatic heterocycles. The Morgan fingerprint density at radius 3 is 1.06 bits per heavy atom. The van der Waals surface area contributed by atoms with Crippen molar-refractivity contribution in [2.24, 2.45) is 0 Å². The summed E-state index contributed by atoms with van der Waals surface area (Å²) < 4.78 is 87.1. The Morgan fingerprint density at radius 1 is 0.722 bits per heavy atom. The van der Waals surface area contributed by atoms with E-state index in [4.69, 9.17) is 13.7 Å². The second-order valence-electron chi connectivity index (χ2n) is 2.63. The summed E-state index contributed by atoms with van der Waals surface area (Å²) in [5.41, 5.74) is 0. The van der Waals surface area contributed by atoms with Crippen LogP contribution in [-0.4, -0.2) is 55.7 Å². The first kappa shape index (κ1) is 28.8. The fourth-order valence-corrected chi connectivity index (χ4v) is 4.42. The summed E-state index contributed by atoms with van der Waals surface area (Å²) in [6.07, 6.45) is 0. The van der Waals surface area contributed by atoms with Crippen molar-refractivity contribution >= 4 is 30.4 Å². The van der Waals surface area contributed by atoms with Crippen LogP contribution >= 0.6 is 0 Å². The molecule has 0 aliphatic carbocycles. The van der Waals surface area contributed by atoms with Crippen molar-refractivity contribution < 1.29 is 132 Å². The van der Waals surface area contributed by atoms with Gasteiger partial charge in [-0.2, -0.15) is 25.3 Å². The predicted molar refractivity (Wildman–Crippen MR) is 51.5 cm³/mol. The topological polar surface area (TPSA) is 163 Å². The van der Waals surface area contributed by atoms with Crippen molar-refractivity contribution in [2.45, 2.75) is 5.25 Å². The molecule has 0 aliphatic rings. The van der Waals surface area contributed by atoms with Crippen molar-refractivity contribution in [1.82, 2.24) is 0 Å². The van der Waals surface area contributed by atoms with Crippen LogP contribution in [0.1, 0.15) is 4.28 Å². The Balaban J connectivity index is -0.0000000653. The molecule has 0 rings (SSSR count). The second kappa shape index (κ2) is 10.5. The molecule has 0 spiro atoms. The zero-order chi connectivity index (χ0) is 12.5. The summed E-state index contributed by atoms with van der Waals surface area (Å²) in [5, 5.41) is -2.33. The average molecular weight is 356 g/mol. The van der Waals surface area contributed by atoms with Gasteiger partial charge >= 0.3 is 88.7 Å². The minimum Gasteiger partial charge on any atom is -1.00 e. The Morgan fingerprint density at radius 2 is 0.944 bits per heavy atom. The van der Waals surface area contributed by atoms with E-state index in [1.807, 2.05) is 0 Å². The first-order valence-corrected chi connectivity index (χ1v) is 7.90. The molecule has 3 N–H and O–H groups in total. The summed E-state index contributed by atoms with van der Waals surface area (Å²) in [5.74, 6) is -3.04. The molecule has 0 saturated carbocycles. The van der Waals surface area contributed by atoms with Gasteiger partial charge in [0.1, 0.15) is 5.25 Å². The van der Waals surface area contributed by atoms with Crippen molar-refractivity contribution in [3.63, 3.8) is 0 Å². The normalized spacial score (nSPS) is 12.0. The molecule has 0 fully saturated rings. The zero-order valence-corrected chi connectivity index (χ0v) is 18.5. The molecule has 0 saturated heterocycles. The summed E-state index contributed by atoms with van der Waals surface area (Å²) in [4.78, 5) is 0. The Bertz CT molecular complexity index is 497. The molecule has 0 bridgehead atoms. The van der Waals surface area contributed by atoms with Gasteiger partial charge in [-0.15, -0.1) is 0 Å². The molecule has 0 radical (unpaired) electrons. The second-order valence-corrected chi connectivity index (χ2v) is 7.33. The van der Waals surface area contributed by atoms with Gasteiger partial charge in [-0.25, -0.2) is 0 Å². The van der Waals surface area contributed by atoms with E-state index in [1.165, 1.54) is 0 Å². The summed E-state index contributed by atoms with van der Waals surface area (Å²) in [7, 11) is -14.6. The molecular formula is C3H11Na3O9S3. The third-order valence-corrected chi connectivity index (χ3v) is 4.46. The van der Waals surface area contributed by atoms with Crippen molar-refractivity contribution in [1.29, 1.82) is 0 Å². The van der Waals surface area contributed by atoms with Gasteiger partial charge in [0.05, 0.1) is 11.5 Å². The van der Waals surface area contributed by atoms with Gasteiger partial charge in [0.2, 0.25) is 0 Å². The van der Waals surface area contributed by atoms with Crippen LogP contribution in [0.5, 0.6) is 0 Å². The Kier molecular flexibility index (Phi) is 16.7. The predicted octanol–water partition coefficient (Wildman–Crippen LogP) is -10.6. The van der Waals surface area contributed by atoms with E-state index in [-0.39, 0.29) is 93.0 Å². The van der Waals surface area contributed by atoms with E-state index in [1.54, 1.807) is 0 Å². The minimum absolute atomic E-state index is 0. The molecule has 0 heterocycles. The molecule has 18 heavy (non-hydrogen) atoms. The van der Waals surface area contributed by atoms with Gasteiger partial charge in [0.15, 0.2) is 0 Å². The van der Waals surface area contributed by atoms with Crippen LogP contribution in [0.4, 0.5) is 0 Å². The van der Waals surface area contributed by atoms with Crippen LogP contribution in [0.15, 0.2) is 0 Å². The third-order valence-electron chi connectivity index (χ3n) is 1.21. The van der Waals surface area contributed by atoms with Crippen LogP contribution in [-0.2, 0) is 30.4 Å². The first-order chi connectivity index (χ1) is 6.31. The maximum absolute atomic E-state index is 10.5. The fourth-order valence-electron chi connectivity index (χ4n) is 0.690. The van der Waals surface area contributed by atoms with Gasteiger partial charge < -0.3 is 4.28 Å². The summed E-state index contributed by atoms with van der Waals surface area (Å²) in [6.45, 7) is 0. The SMILES string of the molecule is O=S(=O)(O)CC(CS(=O)(=O)O)S(=O)(=O)O.[H-].[H-].[H-].[Na+].[Na+].[Na+]. The molecule has 0 aromatic rings. The van der Waals surface area contributed by atoms with Crippen LogP contribution in [0.3, 0.4) is 0 Å². The molecule has 0 aromatic heterocycles. The summed E-state index contributed by atoms with van der Waals surface area (Å²) >= 11 is 0. The average Bonchev–Trinajstić information content (AvgIpc) is 1.75.